The Hall–Kier alpha value is -0.420. The van der Waals surface area contributed by atoms with E-state index in [1.165, 1.54) is 0 Å². The highest BCUT2D eigenvalue weighted by Crippen LogP contribution is 2.35. The maximum Gasteiger partial charge on any atom is 0.149 e. The summed E-state index contributed by atoms with van der Waals surface area (Å²) >= 11 is 5.62. The summed E-state index contributed by atoms with van der Waals surface area (Å²) in [5.74, 6) is -1.62. The SMILES string of the molecule is Cl.N[C@H](c1c(F)ccc(Cl)c1F)[C@@H](O)C1CCCC1. The first-order valence-electron chi connectivity index (χ1n) is 6.09. The Bertz CT molecular complexity index is 439. The fraction of sp³-hybridized carbons (Fsp3) is 0.538. The Labute approximate surface area is 122 Å². The average Bonchev–Trinajstić information content (AvgIpc) is 2.87. The summed E-state index contributed by atoms with van der Waals surface area (Å²) in [6.07, 6.45) is 2.80. The Morgan fingerprint density at radius 2 is 1.84 bits per heavy atom. The summed E-state index contributed by atoms with van der Waals surface area (Å²) in [6, 6.07) is 1.14. The predicted octanol–water partition coefficient (Wildman–Crippen LogP) is 3.59. The van der Waals surface area contributed by atoms with Crippen LogP contribution in [-0.2, 0) is 0 Å². The lowest BCUT2D eigenvalue weighted by Gasteiger charge is -2.25. The first-order chi connectivity index (χ1) is 8.52. The van der Waals surface area contributed by atoms with Crippen LogP contribution in [0.1, 0.15) is 37.3 Å². The molecule has 1 aliphatic carbocycles. The zero-order valence-corrected chi connectivity index (χ0v) is 11.9. The minimum absolute atomic E-state index is 0. The summed E-state index contributed by atoms with van der Waals surface area (Å²) in [5.41, 5.74) is 5.48. The van der Waals surface area contributed by atoms with Gasteiger partial charge >= 0.3 is 0 Å². The molecule has 2 atom stereocenters. The maximum absolute atomic E-state index is 13.8. The minimum atomic E-state index is -1.08. The molecule has 0 unspecified atom stereocenters. The van der Waals surface area contributed by atoms with Crippen LogP contribution in [0.5, 0.6) is 0 Å². The van der Waals surface area contributed by atoms with Crippen LogP contribution in [0.4, 0.5) is 8.78 Å². The van der Waals surface area contributed by atoms with E-state index in [0.717, 1.165) is 37.8 Å². The molecule has 1 saturated carbocycles. The quantitative estimate of drug-likeness (QED) is 0.838. The number of aliphatic hydroxyl groups excluding tert-OH is 1. The van der Waals surface area contributed by atoms with Crippen LogP contribution < -0.4 is 5.73 Å². The van der Waals surface area contributed by atoms with Crippen molar-refractivity contribution in [3.63, 3.8) is 0 Å². The van der Waals surface area contributed by atoms with E-state index >= 15 is 0 Å². The summed E-state index contributed by atoms with van der Waals surface area (Å²) in [5, 5.41) is 9.93. The number of rotatable bonds is 3. The van der Waals surface area contributed by atoms with Gasteiger partial charge in [0, 0.05) is 5.56 Å². The van der Waals surface area contributed by atoms with E-state index in [2.05, 4.69) is 0 Å². The standard InChI is InChI=1S/C13H16ClF2NO.ClH/c14-8-5-6-9(15)10(11(8)16)12(17)13(18)7-3-1-2-4-7;/h5-7,12-13,18H,1-4,17H2;1H/t12-,13+;/m1./s1. The van der Waals surface area contributed by atoms with Crippen molar-refractivity contribution in [1.29, 1.82) is 0 Å². The first-order valence-corrected chi connectivity index (χ1v) is 6.47. The van der Waals surface area contributed by atoms with E-state index in [1.54, 1.807) is 0 Å². The number of nitrogens with two attached hydrogens (primary N) is 1. The second kappa shape index (κ2) is 6.84. The molecule has 0 saturated heterocycles. The summed E-state index contributed by atoms with van der Waals surface area (Å²) < 4.78 is 27.4. The molecule has 0 aromatic heterocycles. The molecule has 0 radical (unpaired) electrons. The zero-order valence-electron chi connectivity index (χ0n) is 10.3. The molecular formula is C13H17Cl2F2NO. The molecule has 2 rings (SSSR count). The topological polar surface area (TPSA) is 46.2 Å². The van der Waals surface area contributed by atoms with Gasteiger partial charge < -0.3 is 10.8 Å². The van der Waals surface area contributed by atoms with E-state index in [1.807, 2.05) is 0 Å². The molecular weight excluding hydrogens is 295 g/mol. The van der Waals surface area contributed by atoms with Crippen LogP contribution in [0, 0.1) is 17.6 Å². The van der Waals surface area contributed by atoms with Gasteiger partial charge in [-0.3, -0.25) is 0 Å². The molecule has 1 fully saturated rings. The molecule has 1 aliphatic rings. The van der Waals surface area contributed by atoms with Crippen molar-refractivity contribution in [2.75, 3.05) is 0 Å². The van der Waals surface area contributed by atoms with Crippen molar-refractivity contribution in [3.8, 4) is 0 Å². The lowest BCUT2D eigenvalue weighted by molar-refractivity contribution is 0.0819. The van der Waals surface area contributed by atoms with Crippen molar-refractivity contribution in [1.82, 2.24) is 0 Å². The molecule has 0 amide bonds. The maximum atomic E-state index is 13.8. The Morgan fingerprint density at radius 3 is 2.42 bits per heavy atom. The van der Waals surface area contributed by atoms with Gasteiger partial charge in [0.15, 0.2) is 0 Å². The van der Waals surface area contributed by atoms with Crippen LogP contribution in [0.15, 0.2) is 12.1 Å². The second-order valence-corrected chi connectivity index (χ2v) is 5.22. The Balaban J connectivity index is 0.00000180. The molecule has 0 heterocycles. The number of hydrogen-bond donors (Lipinski definition) is 2. The zero-order chi connectivity index (χ0) is 13.3. The molecule has 1 aromatic carbocycles. The van der Waals surface area contributed by atoms with E-state index in [0.29, 0.717) is 0 Å². The molecule has 2 nitrogen and oxygen atoms in total. The fourth-order valence-corrected chi connectivity index (χ4v) is 2.78. The molecule has 6 heteroatoms. The van der Waals surface area contributed by atoms with Crippen LogP contribution in [0.25, 0.3) is 0 Å². The first kappa shape index (κ1) is 16.6. The molecule has 0 aliphatic heterocycles. The minimum Gasteiger partial charge on any atom is -0.391 e. The third-order valence-corrected chi connectivity index (χ3v) is 3.96. The highest BCUT2D eigenvalue weighted by atomic mass is 35.5. The van der Waals surface area contributed by atoms with E-state index < -0.39 is 23.8 Å². The van der Waals surface area contributed by atoms with Gasteiger partial charge in [0.1, 0.15) is 11.6 Å². The smallest absolute Gasteiger partial charge is 0.149 e. The van der Waals surface area contributed by atoms with Gasteiger partial charge in [-0.2, -0.15) is 0 Å². The van der Waals surface area contributed by atoms with E-state index in [-0.39, 0.29) is 28.9 Å². The number of benzene rings is 1. The number of aliphatic hydroxyl groups is 1. The molecule has 0 spiro atoms. The largest absolute Gasteiger partial charge is 0.391 e. The predicted molar refractivity (Wildman–Crippen MR) is 73.5 cm³/mol. The van der Waals surface area contributed by atoms with Gasteiger partial charge in [-0.05, 0) is 30.9 Å². The summed E-state index contributed by atoms with van der Waals surface area (Å²) in [7, 11) is 0. The molecule has 108 valence electrons. The molecule has 19 heavy (non-hydrogen) atoms. The summed E-state index contributed by atoms with van der Waals surface area (Å²) in [4.78, 5) is 0. The van der Waals surface area contributed by atoms with Gasteiger partial charge in [0.2, 0.25) is 0 Å². The molecule has 3 N–H and O–H groups in total. The van der Waals surface area contributed by atoms with Crippen LogP contribution in [0.3, 0.4) is 0 Å². The Morgan fingerprint density at radius 1 is 1.26 bits per heavy atom. The van der Waals surface area contributed by atoms with Crippen molar-refractivity contribution in [2.45, 2.75) is 37.8 Å². The average molecular weight is 312 g/mol. The van der Waals surface area contributed by atoms with Crippen molar-refractivity contribution in [3.05, 3.63) is 34.4 Å². The molecule has 0 bridgehead atoms. The lowest BCUT2D eigenvalue weighted by atomic mass is 9.90. The third kappa shape index (κ3) is 3.37. The second-order valence-electron chi connectivity index (χ2n) is 4.82. The van der Waals surface area contributed by atoms with Crippen molar-refractivity contribution < 1.29 is 13.9 Å². The van der Waals surface area contributed by atoms with Crippen molar-refractivity contribution >= 4 is 24.0 Å². The monoisotopic (exact) mass is 311 g/mol. The van der Waals surface area contributed by atoms with Gasteiger partial charge in [0.05, 0.1) is 17.2 Å². The number of hydrogen-bond acceptors (Lipinski definition) is 2. The van der Waals surface area contributed by atoms with Gasteiger partial charge in [-0.25, -0.2) is 8.78 Å². The van der Waals surface area contributed by atoms with E-state index in [9.17, 15) is 13.9 Å². The molecule has 1 aromatic rings. The van der Waals surface area contributed by atoms with Crippen LogP contribution in [-0.4, -0.2) is 11.2 Å². The normalized spacial score (nSPS) is 19.0. The van der Waals surface area contributed by atoms with Gasteiger partial charge in [0.25, 0.3) is 0 Å². The summed E-state index contributed by atoms with van der Waals surface area (Å²) in [6.45, 7) is 0. The Kier molecular flexibility index (Phi) is 5.99. The lowest BCUT2D eigenvalue weighted by Crippen LogP contribution is -2.33. The van der Waals surface area contributed by atoms with Crippen LogP contribution >= 0.6 is 24.0 Å². The van der Waals surface area contributed by atoms with E-state index in [4.69, 9.17) is 17.3 Å². The third-order valence-electron chi connectivity index (χ3n) is 3.66. The fourth-order valence-electron chi connectivity index (χ4n) is 2.61. The van der Waals surface area contributed by atoms with Gasteiger partial charge in [-0.15, -0.1) is 12.4 Å². The van der Waals surface area contributed by atoms with Gasteiger partial charge in [-0.1, -0.05) is 24.4 Å². The van der Waals surface area contributed by atoms with Crippen molar-refractivity contribution in [2.24, 2.45) is 11.7 Å². The highest BCUT2D eigenvalue weighted by Gasteiger charge is 2.32. The highest BCUT2D eigenvalue weighted by molar-refractivity contribution is 6.30. The number of halogens is 4. The van der Waals surface area contributed by atoms with Crippen LogP contribution in [0.2, 0.25) is 5.02 Å².